The topological polar surface area (TPSA) is 37.3 Å². The van der Waals surface area contributed by atoms with Crippen LogP contribution in [-0.2, 0) is 4.79 Å². The molecule has 70 valence electrons. The first-order chi connectivity index (χ1) is 5.37. The molecule has 0 unspecified atom stereocenters. The second-order valence-corrected chi connectivity index (χ2v) is 2.52. The Morgan fingerprint density at radius 3 is 1.83 bits per heavy atom. The zero-order valence-electron chi connectivity index (χ0n) is 6.64. The second kappa shape index (κ2) is 4.13. The molecule has 2 nitrogen and oxygen atoms in total. The first-order valence-electron chi connectivity index (χ1n) is 3.29. The molecule has 0 aromatic rings. The molecule has 0 aliphatic carbocycles. The largest absolute Gasteiger partial charge is 0.478 e. The Morgan fingerprint density at radius 1 is 1.33 bits per heavy atom. The van der Waals surface area contributed by atoms with E-state index < -0.39 is 29.7 Å². The van der Waals surface area contributed by atoms with Crippen molar-refractivity contribution >= 4 is 5.97 Å². The van der Waals surface area contributed by atoms with Gasteiger partial charge in [-0.25, -0.2) is 18.0 Å². The van der Waals surface area contributed by atoms with Gasteiger partial charge in [0.2, 0.25) is 0 Å². The minimum absolute atomic E-state index is 0.829. The lowest BCUT2D eigenvalue weighted by molar-refractivity contribution is -0.134. The highest BCUT2D eigenvalue weighted by Crippen LogP contribution is 2.21. The third-order valence-electron chi connectivity index (χ3n) is 1.21. The maximum Gasteiger partial charge on any atom is 0.340 e. The van der Waals surface area contributed by atoms with Crippen LogP contribution in [0.25, 0.3) is 0 Å². The van der Waals surface area contributed by atoms with Gasteiger partial charge in [-0.05, 0) is 0 Å². The summed E-state index contributed by atoms with van der Waals surface area (Å²) in [6.07, 6.45) is -3.27. The summed E-state index contributed by atoms with van der Waals surface area (Å²) in [6.45, 7) is 2.61. The smallest absolute Gasteiger partial charge is 0.340 e. The lowest BCUT2D eigenvalue weighted by Crippen LogP contribution is -2.13. The monoisotopic (exact) mass is 182 g/mol. The van der Waals surface area contributed by atoms with E-state index in [1.165, 1.54) is 13.8 Å². The highest BCUT2D eigenvalue weighted by molar-refractivity contribution is 5.88. The SMILES string of the molecule is CC(C)C(F)=C(C(=O)O)C(F)F. The maximum atomic E-state index is 12.7. The van der Waals surface area contributed by atoms with Crippen LogP contribution in [0.1, 0.15) is 13.8 Å². The van der Waals surface area contributed by atoms with Crippen LogP contribution in [0.2, 0.25) is 0 Å². The van der Waals surface area contributed by atoms with Gasteiger partial charge < -0.3 is 5.11 Å². The lowest BCUT2D eigenvalue weighted by Gasteiger charge is -2.06. The van der Waals surface area contributed by atoms with Gasteiger partial charge in [-0.2, -0.15) is 0 Å². The Labute approximate surface area is 67.7 Å². The van der Waals surface area contributed by atoms with Crippen molar-refractivity contribution in [3.8, 4) is 0 Å². The Balaban J connectivity index is 4.94. The first kappa shape index (κ1) is 11.0. The standard InChI is InChI=1S/C7H9F3O2/c1-3(2)5(8)4(6(9)10)7(11)12/h3,6H,1-2H3,(H,11,12). The molecule has 5 heteroatoms. The van der Waals surface area contributed by atoms with Crippen LogP contribution in [-0.4, -0.2) is 17.5 Å². The van der Waals surface area contributed by atoms with Crippen molar-refractivity contribution in [1.29, 1.82) is 0 Å². The van der Waals surface area contributed by atoms with Crippen LogP contribution in [0.15, 0.2) is 11.4 Å². The predicted molar refractivity (Wildman–Crippen MR) is 36.6 cm³/mol. The van der Waals surface area contributed by atoms with E-state index >= 15 is 0 Å². The van der Waals surface area contributed by atoms with Crippen molar-refractivity contribution in [3.63, 3.8) is 0 Å². The molecule has 0 atom stereocenters. The van der Waals surface area contributed by atoms with Crippen molar-refractivity contribution < 1.29 is 23.1 Å². The van der Waals surface area contributed by atoms with Gasteiger partial charge in [0.15, 0.2) is 0 Å². The molecule has 0 aliphatic heterocycles. The molecule has 0 aliphatic rings. The molecule has 12 heavy (non-hydrogen) atoms. The van der Waals surface area contributed by atoms with E-state index in [1.807, 2.05) is 0 Å². The number of aliphatic carboxylic acids is 1. The third-order valence-corrected chi connectivity index (χ3v) is 1.21. The summed E-state index contributed by atoms with van der Waals surface area (Å²) in [6, 6.07) is 0. The fourth-order valence-corrected chi connectivity index (χ4v) is 0.611. The van der Waals surface area contributed by atoms with E-state index in [0.717, 1.165) is 0 Å². The summed E-state index contributed by atoms with van der Waals surface area (Å²) < 4.78 is 36.5. The Hall–Kier alpha value is -1.00. The zero-order valence-corrected chi connectivity index (χ0v) is 6.64. The van der Waals surface area contributed by atoms with Gasteiger partial charge in [0.25, 0.3) is 6.43 Å². The van der Waals surface area contributed by atoms with Crippen molar-refractivity contribution in [2.45, 2.75) is 20.3 Å². The van der Waals surface area contributed by atoms with Gasteiger partial charge >= 0.3 is 5.97 Å². The number of carbonyl (C=O) groups is 1. The minimum Gasteiger partial charge on any atom is -0.478 e. The summed E-state index contributed by atoms with van der Waals surface area (Å²) in [5.74, 6) is -4.00. The van der Waals surface area contributed by atoms with E-state index in [9.17, 15) is 18.0 Å². The first-order valence-corrected chi connectivity index (χ1v) is 3.29. The predicted octanol–water partition coefficient (Wildman–Crippen LogP) is 2.22. The molecule has 0 amide bonds. The lowest BCUT2D eigenvalue weighted by atomic mass is 10.1. The quantitative estimate of drug-likeness (QED) is 0.679. The highest BCUT2D eigenvalue weighted by Gasteiger charge is 2.25. The molecule has 0 aromatic heterocycles. The molecule has 0 saturated carbocycles. The summed E-state index contributed by atoms with van der Waals surface area (Å²) >= 11 is 0. The highest BCUT2D eigenvalue weighted by atomic mass is 19.3. The van der Waals surface area contributed by atoms with E-state index in [4.69, 9.17) is 5.11 Å². The van der Waals surface area contributed by atoms with Crippen molar-refractivity contribution in [2.75, 3.05) is 0 Å². The number of carboxylic acids is 1. The summed E-state index contributed by atoms with van der Waals surface area (Å²) in [5.41, 5.74) is -1.44. The van der Waals surface area contributed by atoms with Crippen LogP contribution in [0.5, 0.6) is 0 Å². The van der Waals surface area contributed by atoms with Gasteiger partial charge in [-0.3, -0.25) is 0 Å². The average molecular weight is 182 g/mol. The molecule has 0 saturated heterocycles. The van der Waals surface area contributed by atoms with Crippen LogP contribution in [0.4, 0.5) is 13.2 Å². The molecular formula is C7H9F3O2. The molecule has 0 bridgehead atoms. The van der Waals surface area contributed by atoms with Gasteiger partial charge in [-0.1, -0.05) is 13.8 Å². The van der Waals surface area contributed by atoms with Crippen LogP contribution >= 0.6 is 0 Å². The van der Waals surface area contributed by atoms with Gasteiger partial charge in [0.1, 0.15) is 11.4 Å². The minimum atomic E-state index is -3.27. The summed E-state index contributed by atoms with van der Waals surface area (Å²) in [7, 11) is 0. The molecule has 0 radical (unpaired) electrons. The van der Waals surface area contributed by atoms with Crippen LogP contribution in [0.3, 0.4) is 0 Å². The normalized spacial score (nSPS) is 13.6. The summed E-state index contributed by atoms with van der Waals surface area (Å²) in [5, 5.41) is 8.19. The Kier molecular flexibility index (Phi) is 3.79. The van der Waals surface area contributed by atoms with Crippen molar-refractivity contribution in [1.82, 2.24) is 0 Å². The van der Waals surface area contributed by atoms with E-state index in [2.05, 4.69) is 0 Å². The number of hydrogen-bond acceptors (Lipinski definition) is 1. The molecule has 0 spiro atoms. The fourth-order valence-electron chi connectivity index (χ4n) is 0.611. The average Bonchev–Trinajstić information content (AvgIpc) is 1.85. The van der Waals surface area contributed by atoms with E-state index in [1.54, 1.807) is 0 Å². The van der Waals surface area contributed by atoms with Crippen molar-refractivity contribution in [2.24, 2.45) is 5.92 Å². The number of halogens is 3. The molecule has 0 fully saturated rings. The molecular weight excluding hydrogens is 173 g/mol. The number of hydrogen-bond donors (Lipinski definition) is 1. The van der Waals surface area contributed by atoms with E-state index in [0.29, 0.717) is 0 Å². The van der Waals surface area contributed by atoms with Crippen molar-refractivity contribution in [3.05, 3.63) is 11.4 Å². The van der Waals surface area contributed by atoms with Crippen LogP contribution in [0, 0.1) is 5.92 Å². The number of alkyl halides is 2. The second-order valence-electron chi connectivity index (χ2n) is 2.52. The molecule has 0 aromatic carbocycles. The Bertz CT molecular complexity index is 209. The number of carboxylic acid groups (broad SMARTS) is 1. The van der Waals surface area contributed by atoms with Gasteiger partial charge in [-0.15, -0.1) is 0 Å². The van der Waals surface area contributed by atoms with E-state index in [-0.39, 0.29) is 0 Å². The van der Waals surface area contributed by atoms with Gasteiger partial charge in [0, 0.05) is 5.92 Å². The number of rotatable bonds is 3. The molecule has 0 rings (SSSR count). The molecule has 1 N–H and O–H groups in total. The van der Waals surface area contributed by atoms with Gasteiger partial charge in [0.05, 0.1) is 0 Å². The third kappa shape index (κ3) is 2.56. The molecule has 0 heterocycles. The fraction of sp³-hybridized carbons (Fsp3) is 0.571. The Morgan fingerprint density at radius 2 is 1.75 bits per heavy atom. The summed E-state index contributed by atoms with van der Waals surface area (Å²) in [4.78, 5) is 10.1. The number of allylic oxidation sites excluding steroid dienone is 1. The maximum absolute atomic E-state index is 12.7. The van der Waals surface area contributed by atoms with Crippen LogP contribution < -0.4 is 0 Å². The zero-order chi connectivity index (χ0) is 9.89.